The van der Waals surface area contributed by atoms with Crippen molar-refractivity contribution in [2.75, 3.05) is 0 Å². The van der Waals surface area contributed by atoms with Crippen molar-refractivity contribution < 1.29 is 14.7 Å². The summed E-state index contributed by atoms with van der Waals surface area (Å²) >= 11 is 0. The van der Waals surface area contributed by atoms with Gasteiger partial charge in [0.15, 0.2) is 0 Å². The molecule has 0 amide bonds. The van der Waals surface area contributed by atoms with E-state index in [2.05, 4.69) is 0 Å². The maximum absolute atomic E-state index is 10.7. The molecule has 0 heterocycles. The fraction of sp³-hybridized carbons (Fsp3) is 0.714. The molecule has 0 aliphatic heterocycles. The molecule has 2 aliphatic rings. The molecular formula is C7H8O3. The second-order valence-electron chi connectivity index (χ2n) is 3.14. The number of aliphatic carboxylic acids is 1. The van der Waals surface area contributed by atoms with E-state index in [-0.39, 0.29) is 23.5 Å². The minimum Gasteiger partial charge on any atom is -0.481 e. The molecule has 2 fully saturated rings. The van der Waals surface area contributed by atoms with Gasteiger partial charge < -0.3 is 5.11 Å². The Morgan fingerprint density at radius 1 is 1.40 bits per heavy atom. The van der Waals surface area contributed by atoms with Crippen molar-refractivity contribution in [3.05, 3.63) is 0 Å². The van der Waals surface area contributed by atoms with Gasteiger partial charge in [0.2, 0.25) is 0 Å². The Morgan fingerprint density at radius 3 is 2.30 bits per heavy atom. The van der Waals surface area contributed by atoms with E-state index in [1.165, 1.54) is 0 Å². The minimum atomic E-state index is -0.720. The molecule has 0 aromatic rings. The zero-order valence-corrected chi connectivity index (χ0v) is 5.41. The van der Waals surface area contributed by atoms with E-state index < -0.39 is 5.97 Å². The molecule has 0 aromatic heterocycles. The zero-order valence-electron chi connectivity index (χ0n) is 5.41. The van der Waals surface area contributed by atoms with Crippen molar-refractivity contribution in [3.8, 4) is 0 Å². The van der Waals surface area contributed by atoms with E-state index in [9.17, 15) is 9.59 Å². The van der Waals surface area contributed by atoms with Crippen LogP contribution in [0.4, 0.5) is 0 Å². The molecule has 54 valence electrons. The summed E-state index contributed by atoms with van der Waals surface area (Å²) in [5.41, 5.74) is 0. The maximum atomic E-state index is 10.7. The molecule has 2 unspecified atom stereocenters. The number of rotatable bonds is 1. The fourth-order valence-corrected chi connectivity index (χ4v) is 1.98. The predicted molar refractivity (Wildman–Crippen MR) is 32.3 cm³/mol. The van der Waals surface area contributed by atoms with E-state index in [1.54, 1.807) is 0 Å². The van der Waals surface area contributed by atoms with Gasteiger partial charge in [0.05, 0.1) is 5.92 Å². The lowest BCUT2D eigenvalue weighted by Crippen LogP contribution is -2.06. The summed E-state index contributed by atoms with van der Waals surface area (Å²) in [5, 5.41) is 8.53. The summed E-state index contributed by atoms with van der Waals surface area (Å²) in [7, 11) is 0. The SMILES string of the molecule is O=C1CC2C(C1)C2C(=O)O. The highest BCUT2D eigenvalue weighted by molar-refractivity contribution is 5.87. The molecule has 2 atom stereocenters. The summed E-state index contributed by atoms with van der Waals surface area (Å²) in [6.45, 7) is 0. The van der Waals surface area contributed by atoms with Gasteiger partial charge in [0, 0.05) is 12.8 Å². The Balaban J connectivity index is 2.04. The highest BCUT2D eigenvalue weighted by Crippen LogP contribution is 2.55. The summed E-state index contributed by atoms with van der Waals surface area (Å²) in [5.74, 6) is -0.261. The number of ketones is 1. The summed E-state index contributed by atoms with van der Waals surface area (Å²) in [6.07, 6.45) is 1.03. The minimum absolute atomic E-state index is 0.183. The van der Waals surface area contributed by atoms with Gasteiger partial charge in [-0.1, -0.05) is 0 Å². The molecule has 10 heavy (non-hydrogen) atoms. The number of carbonyl (C=O) groups is 2. The summed E-state index contributed by atoms with van der Waals surface area (Å²) < 4.78 is 0. The molecule has 1 N–H and O–H groups in total. The predicted octanol–water partition coefficient (Wildman–Crippen LogP) is 0.296. The standard InChI is InChI=1S/C7H8O3/c8-3-1-4-5(2-3)6(4)7(9)10/h4-6H,1-2H2,(H,9,10). The van der Waals surface area contributed by atoms with Crippen LogP contribution in [0.1, 0.15) is 12.8 Å². The average molecular weight is 140 g/mol. The summed E-state index contributed by atoms with van der Waals surface area (Å²) in [6, 6.07) is 0. The third-order valence-corrected chi connectivity index (χ3v) is 2.54. The van der Waals surface area contributed by atoms with E-state index in [0.717, 1.165) is 0 Å². The van der Waals surface area contributed by atoms with E-state index in [1.807, 2.05) is 0 Å². The maximum Gasteiger partial charge on any atom is 0.307 e. The molecule has 3 heteroatoms. The topological polar surface area (TPSA) is 54.4 Å². The monoisotopic (exact) mass is 140 g/mol. The van der Waals surface area contributed by atoms with Crippen LogP contribution in [-0.4, -0.2) is 16.9 Å². The van der Waals surface area contributed by atoms with Crippen LogP contribution in [0.3, 0.4) is 0 Å². The van der Waals surface area contributed by atoms with Gasteiger partial charge in [-0.05, 0) is 11.8 Å². The third-order valence-electron chi connectivity index (χ3n) is 2.54. The quantitative estimate of drug-likeness (QED) is 0.569. The lowest BCUT2D eigenvalue weighted by atomic mass is 10.1. The Labute approximate surface area is 58.0 Å². The number of hydrogen-bond acceptors (Lipinski definition) is 2. The third kappa shape index (κ3) is 0.602. The first-order valence-corrected chi connectivity index (χ1v) is 3.44. The number of fused-ring (bicyclic) bond motifs is 1. The van der Waals surface area contributed by atoms with Crippen molar-refractivity contribution in [1.82, 2.24) is 0 Å². The molecular weight excluding hydrogens is 132 g/mol. The van der Waals surface area contributed by atoms with Gasteiger partial charge in [-0.2, -0.15) is 0 Å². The largest absolute Gasteiger partial charge is 0.481 e. The normalized spacial score (nSPS) is 43.2. The Morgan fingerprint density at radius 2 is 1.90 bits per heavy atom. The molecule has 0 spiro atoms. The van der Waals surface area contributed by atoms with Crippen LogP contribution in [-0.2, 0) is 9.59 Å². The van der Waals surface area contributed by atoms with Crippen LogP contribution in [0.2, 0.25) is 0 Å². The highest BCUT2D eigenvalue weighted by atomic mass is 16.4. The number of Topliss-reactive ketones (excluding diaryl/α,β-unsaturated/α-hetero) is 1. The van der Waals surface area contributed by atoms with Crippen molar-refractivity contribution in [2.45, 2.75) is 12.8 Å². The average Bonchev–Trinajstić information content (AvgIpc) is 2.32. The van der Waals surface area contributed by atoms with Crippen LogP contribution < -0.4 is 0 Å². The Kier molecular flexibility index (Phi) is 0.938. The second-order valence-corrected chi connectivity index (χ2v) is 3.14. The number of carbonyl (C=O) groups excluding carboxylic acids is 1. The van der Waals surface area contributed by atoms with Gasteiger partial charge >= 0.3 is 5.97 Å². The molecule has 0 bridgehead atoms. The second kappa shape index (κ2) is 1.59. The molecule has 2 rings (SSSR count). The molecule has 0 aromatic carbocycles. The van der Waals surface area contributed by atoms with E-state index in [0.29, 0.717) is 12.8 Å². The number of carboxylic acid groups (broad SMARTS) is 1. The van der Waals surface area contributed by atoms with Crippen molar-refractivity contribution in [3.63, 3.8) is 0 Å². The molecule has 0 radical (unpaired) electrons. The van der Waals surface area contributed by atoms with Crippen LogP contribution in [0, 0.1) is 17.8 Å². The van der Waals surface area contributed by atoms with Gasteiger partial charge in [-0.25, -0.2) is 0 Å². The van der Waals surface area contributed by atoms with E-state index in [4.69, 9.17) is 5.11 Å². The van der Waals surface area contributed by atoms with Gasteiger partial charge in [-0.3, -0.25) is 9.59 Å². The molecule has 2 aliphatic carbocycles. The van der Waals surface area contributed by atoms with Crippen molar-refractivity contribution >= 4 is 11.8 Å². The first kappa shape index (κ1) is 5.89. The van der Waals surface area contributed by atoms with Gasteiger partial charge in [0.25, 0.3) is 0 Å². The lowest BCUT2D eigenvalue weighted by molar-refractivity contribution is -0.139. The summed E-state index contributed by atoms with van der Waals surface area (Å²) in [4.78, 5) is 21.0. The fourth-order valence-electron chi connectivity index (χ4n) is 1.98. The van der Waals surface area contributed by atoms with Gasteiger partial charge in [0.1, 0.15) is 5.78 Å². The Bertz CT molecular complexity index is 195. The van der Waals surface area contributed by atoms with Crippen LogP contribution in [0.25, 0.3) is 0 Å². The number of carboxylic acids is 1. The van der Waals surface area contributed by atoms with Crippen LogP contribution in [0.15, 0.2) is 0 Å². The van der Waals surface area contributed by atoms with Gasteiger partial charge in [-0.15, -0.1) is 0 Å². The molecule has 0 saturated heterocycles. The van der Waals surface area contributed by atoms with E-state index >= 15 is 0 Å². The van der Waals surface area contributed by atoms with Crippen molar-refractivity contribution in [1.29, 1.82) is 0 Å². The molecule has 3 nitrogen and oxygen atoms in total. The van der Waals surface area contributed by atoms with Crippen LogP contribution >= 0.6 is 0 Å². The number of hydrogen-bond donors (Lipinski definition) is 1. The smallest absolute Gasteiger partial charge is 0.307 e. The Hall–Kier alpha value is -0.860. The lowest BCUT2D eigenvalue weighted by Gasteiger charge is -1.93. The van der Waals surface area contributed by atoms with Crippen molar-refractivity contribution in [2.24, 2.45) is 17.8 Å². The zero-order chi connectivity index (χ0) is 7.30. The first-order chi connectivity index (χ1) is 4.70. The van der Waals surface area contributed by atoms with Crippen LogP contribution in [0.5, 0.6) is 0 Å². The first-order valence-electron chi connectivity index (χ1n) is 3.44. The highest BCUT2D eigenvalue weighted by Gasteiger charge is 2.59. The molecule has 2 saturated carbocycles.